The molecule has 118 valence electrons. The van der Waals surface area contributed by atoms with Gasteiger partial charge in [-0.05, 0) is 43.0 Å². The number of carboxylic acids is 1. The summed E-state index contributed by atoms with van der Waals surface area (Å²) in [6.07, 6.45) is -0.207. The van der Waals surface area contributed by atoms with Gasteiger partial charge < -0.3 is 5.11 Å². The Kier molecular flexibility index (Phi) is 4.27. The lowest BCUT2D eigenvalue weighted by atomic mass is 9.97. The molecule has 2 rings (SSSR count). The molecule has 1 heterocycles. The van der Waals surface area contributed by atoms with Crippen molar-refractivity contribution in [3.05, 3.63) is 28.3 Å². The molecule has 22 heavy (non-hydrogen) atoms. The first-order valence-electron chi connectivity index (χ1n) is 6.89. The third kappa shape index (κ3) is 2.72. The Balaban J connectivity index is 2.52. The predicted molar refractivity (Wildman–Crippen MR) is 79.9 cm³/mol. The normalized spacial score (nSPS) is 16.1. The van der Waals surface area contributed by atoms with E-state index >= 15 is 0 Å². The van der Waals surface area contributed by atoms with Crippen molar-refractivity contribution in [3.8, 4) is 6.07 Å². The minimum atomic E-state index is -3.69. The quantitative estimate of drug-likeness (QED) is 0.903. The van der Waals surface area contributed by atoms with Gasteiger partial charge in [-0.2, -0.15) is 9.57 Å². The van der Waals surface area contributed by atoms with Crippen molar-refractivity contribution in [1.29, 1.82) is 5.26 Å². The molecule has 1 aliphatic heterocycles. The number of benzene rings is 1. The largest absolute Gasteiger partial charge is 0.481 e. The number of hydrogen-bond donors (Lipinski definition) is 1. The van der Waals surface area contributed by atoms with Crippen LogP contribution >= 0.6 is 0 Å². The second kappa shape index (κ2) is 5.71. The van der Waals surface area contributed by atoms with Crippen LogP contribution in [0.1, 0.15) is 22.3 Å². The summed E-state index contributed by atoms with van der Waals surface area (Å²) in [6, 6.07) is 3.75. The van der Waals surface area contributed by atoms with E-state index in [2.05, 4.69) is 0 Å². The summed E-state index contributed by atoms with van der Waals surface area (Å²) >= 11 is 0. The number of aliphatic carboxylic acids is 1. The van der Waals surface area contributed by atoms with E-state index in [9.17, 15) is 13.2 Å². The van der Waals surface area contributed by atoms with E-state index in [1.54, 1.807) is 26.8 Å². The first-order valence-corrected chi connectivity index (χ1v) is 8.33. The summed E-state index contributed by atoms with van der Waals surface area (Å²) < 4.78 is 26.7. The maximum atomic E-state index is 12.7. The molecule has 1 N–H and O–H groups in total. The van der Waals surface area contributed by atoms with Crippen LogP contribution in [0.4, 0.5) is 0 Å². The lowest BCUT2D eigenvalue weighted by molar-refractivity contribution is -0.136. The molecule has 0 bridgehead atoms. The maximum Gasteiger partial charge on any atom is 0.307 e. The Hall–Kier alpha value is -1.91. The van der Waals surface area contributed by atoms with Gasteiger partial charge in [0.25, 0.3) is 0 Å². The molecule has 1 aromatic rings. The molecule has 0 aliphatic carbocycles. The van der Waals surface area contributed by atoms with E-state index in [1.165, 1.54) is 4.31 Å². The Morgan fingerprint density at radius 2 is 1.95 bits per heavy atom. The SMILES string of the molecule is Cc1cc(C)c(S(=O)(=O)N2CC(C#N)C2)c(C)c1CC(=O)O. The number of aryl methyl sites for hydroxylation is 2. The Bertz CT molecular complexity index is 772. The van der Waals surface area contributed by atoms with Crippen molar-refractivity contribution in [2.24, 2.45) is 5.92 Å². The molecule has 1 fully saturated rings. The highest BCUT2D eigenvalue weighted by Gasteiger charge is 2.38. The van der Waals surface area contributed by atoms with E-state index < -0.39 is 16.0 Å². The van der Waals surface area contributed by atoms with Crippen molar-refractivity contribution in [3.63, 3.8) is 0 Å². The molecule has 0 aromatic heterocycles. The molecule has 0 saturated carbocycles. The maximum absolute atomic E-state index is 12.7. The Morgan fingerprint density at radius 3 is 2.45 bits per heavy atom. The highest BCUT2D eigenvalue weighted by molar-refractivity contribution is 7.89. The highest BCUT2D eigenvalue weighted by Crippen LogP contribution is 2.32. The smallest absolute Gasteiger partial charge is 0.307 e. The van der Waals surface area contributed by atoms with Crippen molar-refractivity contribution in [1.82, 2.24) is 4.31 Å². The highest BCUT2D eigenvalue weighted by atomic mass is 32.2. The molecular weight excluding hydrogens is 304 g/mol. The monoisotopic (exact) mass is 322 g/mol. The zero-order valence-electron chi connectivity index (χ0n) is 12.8. The van der Waals surface area contributed by atoms with Gasteiger partial charge in [0.2, 0.25) is 10.0 Å². The minimum absolute atomic E-state index is 0.172. The number of nitriles is 1. The minimum Gasteiger partial charge on any atom is -0.481 e. The van der Waals surface area contributed by atoms with Crippen LogP contribution in [0.2, 0.25) is 0 Å². The van der Waals surface area contributed by atoms with Gasteiger partial charge in [-0.1, -0.05) is 6.07 Å². The topological polar surface area (TPSA) is 98.5 Å². The van der Waals surface area contributed by atoms with Crippen LogP contribution in [-0.2, 0) is 21.2 Å². The van der Waals surface area contributed by atoms with E-state index in [1.807, 2.05) is 6.07 Å². The number of carbonyl (C=O) groups is 1. The van der Waals surface area contributed by atoms with Gasteiger partial charge >= 0.3 is 5.97 Å². The molecule has 7 heteroatoms. The zero-order chi connectivity index (χ0) is 16.7. The number of sulfonamides is 1. The van der Waals surface area contributed by atoms with E-state index in [0.717, 1.165) is 5.56 Å². The zero-order valence-corrected chi connectivity index (χ0v) is 13.6. The third-order valence-corrected chi connectivity index (χ3v) is 6.14. The summed E-state index contributed by atoms with van der Waals surface area (Å²) in [4.78, 5) is 11.2. The summed E-state index contributed by atoms with van der Waals surface area (Å²) in [5.41, 5.74) is 2.40. The number of carboxylic acid groups (broad SMARTS) is 1. The molecule has 0 amide bonds. The standard InChI is InChI=1S/C15H18N2O4S/c1-9-4-10(2)15(11(3)13(9)5-14(18)19)22(20,21)17-7-12(6-16)8-17/h4,12H,5,7-8H2,1-3H3,(H,18,19). The molecule has 0 radical (unpaired) electrons. The van der Waals surface area contributed by atoms with Gasteiger partial charge in [-0.15, -0.1) is 0 Å². The van der Waals surface area contributed by atoms with Crippen LogP contribution in [0.3, 0.4) is 0 Å². The van der Waals surface area contributed by atoms with Crippen LogP contribution in [-0.4, -0.2) is 36.9 Å². The van der Waals surface area contributed by atoms with E-state index in [0.29, 0.717) is 16.7 Å². The fraction of sp³-hybridized carbons (Fsp3) is 0.467. The molecule has 0 unspecified atom stereocenters. The van der Waals surface area contributed by atoms with Crippen LogP contribution in [0.25, 0.3) is 0 Å². The number of rotatable bonds is 4. The predicted octanol–water partition coefficient (Wildman–Crippen LogP) is 1.38. The summed E-state index contributed by atoms with van der Waals surface area (Å²) in [6.45, 7) is 5.52. The van der Waals surface area contributed by atoms with Crippen LogP contribution in [0.5, 0.6) is 0 Å². The second-order valence-corrected chi connectivity index (χ2v) is 7.54. The van der Waals surface area contributed by atoms with E-state index in [-0.39, 0.29) is 30.3 Å². The first-order chi connectivity index (χ1) is 10.2. The molecular formula is C15H18N2O4S. The average molecular weight is 322 g/mol. The van der Waals surface area contributed by atoms with Crippen LogP contribution in [0, 0.1) is 38.0 Å². The van der Waals surface area contributed by atoms with Gasteiger partial charge in [0.1, 0.15) is 0 Å². The lowest BCUT2D eigenvalue weighted by Crippen LogP contribution is -2.49. The van der Waals surface area contributed by atoms with Gasteiger partial charge in [0.05, 0.1) is 23.3 Å². The lowest BCUT2D eigenvalue weighted by Gasteiger charge is -2.35. The Labute approximate surface area is 130 Å². The van der Waals surface area contributed by atoms with Gasteiger partial charge in [0, 0.05) is 13.1 Å². The third-order valence-electron chi connectivity index (χ3n) is 4.02. The van der Waals surface area contributed by atoms with Crippen molar-refractivity contribution in [2.75, 3.05) is 13.1 Å². The fourth-order valence-corrected chi connectivity index (χ4v) is 4.86. The number of nitrogens with zero attached hydrogens (tertiary/aromatic N) is 2. The summed E-state index contributed by atoms with van der Waals surface area (Å²) in [5.74, 6) is -1.26. The second-order valence-electron chi connectivity index (χ2n) is 5.66. The average Bonchev–Trinajstić information content (AvgIpc) is 2.31. The van der Waals surface area contributed by atoms with E-state index in [4.69, 9.17) is 10.4 Å². The van der Waals surface area contributed by atoms with Gasteiger partial charge in [-0.3, -0.25) is 4.79 Å². The summed E-state index contributed by atoms with van der Waals surface area (Å²) in [7, 11) is -3.69. The molecule has 1 aliphatic rings. The van der Waals surface area contributed by atoms with Crippen molar-refractivity contribution >= 4 is 16.0 Å². The number of hydrogen-bond acceptors (Lipinski definition) is 4. The van der Waals surface area contributed by atoms with Gasteiger partial charge in [-0.25, -0.2) is 8.42 Å². The van der Waals surface area contributed by atoms with Crippen LogP contribution in [0.15, 0.2) is 11.0 Å². The first kappa shape index (κ1) is 16.5. The Morgan fingerprint density at radius 1 is 1.36 bits per heavy atom. The molecule has 0 spiro atoms. The van der Waals surface area contributed by atoms with Gasteiger partial charge in [0.15, 0.2) is 0 Å². The molecule has 1 aromatic carbocycles. The molecule has 0 atom stereocenters. The van der Waals surface area contributed by atoms with Crippen LogP contribution < -0.4 is 0 Å². The summed E-state index contributed by atoms with van der Waals surface area (Å²) in [5, 5.41) is 17.8. The molecule has 1 saturated heterocycles. The van der Waals surface area contributed by atoms with Crippen molar-refractivity contribution in [2.45, 2.75) is 32.1 Å². The molecule has 6 nitrogen and oxygen atoms in total. The van der Waals surface area contributed by atoms with Crippen molar-refractivity contribution < 1.29 is 18.3 Å². The fourth-order valence-electron chi connectivity index (χ4n) is 2.87.